The van der Waals surface area contributed by atoms with E-state index in [0.29, 0.717) is 21.5 Å². The molecule has 0 aliphatic carbocycles. The molecule has 19 heavy (non-hydrogen) atoms. The van der Waals surface area contributed by atoms with Gasteiger partial charge in [-0.05, 0) is 31.2 Å². The maximum atomic E-state index is 12.0. The molecule has 0 aliphatic rings. The minimum Gasteiger partial charge on any atom is -0.478 e. The summed E-state index contributed by atoms with van der Waals surface area (Å²) in [5.74, 6) is -0.900. The van der Waals surface area contributed by atoms with Crippen LogP contribution in [0, 0.1) is 6.92 Å². The molecule has 98 valence electrons. The normalized spacial score (nSPS) is 10.2. The highest BCUT2D eigenvalue weighted by atomic mass is 79.9. The number of carboxylic acids is 1. The van der Waals surface area contributed by atoms with Crippen LogP contribution in [0.25, 0.3) is 0 Å². The highest BCUT2D eigenvalue weighted by molar-refractivity contribution is 9.10. The summed E-state index contributed by atoms with van der Waals surface area (Å²) in [7, 11) is 0. The molecule has 2 aromatic rings. The Labute approximate surface area is 117 Å². The second-order valence-electron chi connectivity index (χ2n) is 3.88. The highest BCUT2D eigenvalue weighted by Gasteiger charge is 2.13. The first-order valence-electron chi connectivity index (χ1n) is 5.36. The van der Waals surface area contributed by atoms with E-state index in [1.807, 2.05) is 0 Å². The Hall–Kier alpha value is -2.08. The smallest absolute Gasteiger partial charge is 0.335 e. The lowest BCUT2D eigenvalue weighted by molar-refractivity contribution is 0.0696. The summed E-state index contributed by atoms with van der Waals surface area (Å²) in [6.45, 7) is 1.68. The Morgan fingerprint density at radius 1 is 1.32 bits per heavy atom. The molecule has 6 heteroatoms. The van der Waals surface area contributed by atoms with Gasteiger partial charge in [0.2, 0.25) is 0 Å². The number of carboxylic acid groups (broad SMARTS) is 1. The van der Waals surface area contributed by atoms with Crippen LogP contribution in [-0.2, 0) is 0 Å². The standard InChI is InChI=1S/C13H10BrNO4/c1-7-11(2-3-19-7)12(16)15-10-5-8(13(17)18)4-9(14)6-10/h2-6H,1H3,(H,15,16)(H,17,18). The van der Waals surface area contributed by atoms with E-state index in [1.54, 1.807) is 19.1 Å². The second-order valence-corrected chi connectivity index (χ2v) is 4.79. The average molecular weight is 324 g/mol. The van der Waals surface area contributed by atoms with Crippen molar-refractivity contribution >= 4 is 33.5 Å². The molecule has 0 fully saturated rings. The predicted octanol–water partition coefficient (Wildman–Crippen LogP) is 3.30. The number of hydrogen-bond donors (Lipinski definition) is 2. The third-order valence-corrected chi connectivity index (χ3v) is 2.96. The van der Waals surface area contributed by atoms with Crippen LogP contribution in [0.1, 0.15) is 26.5 Å². The molecule has 0 radical (unpaired) electrons. The number of aromatic carboxylic acids is 1. The van der Waals surface area contributed by atoms with Gasteiger partial charge in [-0.1, -0.05) is 15.9 Å². The largest absolute Gasteiger partial charge is 0.478 e. The van der Waals surface area contributed by atoms with Crippen LogP contribution >= 0.6 is 15.9 Å². The summed E-state index contributed by atoms with van der Waals surface area (Å²) in [6, 6.07) is 6.03. The van der Waals surface area contributed by atoms with Crippen molar-refractivity contribution in [2.75, 3.05) is 5.32 Å². The Morgan fingerprint density at radius 2 is 2.05 bits per heavy atom. The molecule has 0 saturated heterocycles. The second kappa shape index (κ2) is 5.27. The van der Waals surface area contributed by atoms with Crippen LogP contribution in [-0.4, -0.2) is 17.0 Å². The van der Waals surface area contributed by atoms with E-state index in [1.165, 1.54) is 18.4 Å². The Kier molecular flexibility index (Phi) is 3.71. The molecular weight excluding hydrogens is 314 g/mol. The van der Waals surface area contributed by atoms with Gasteiger partial charge in [-0.15, -0.1) is 0 Å². The molecule has 5 nitrogen and oxygen atoms in total. The van der Waals surface area contributed by atoms with Crippen LogP contribution in [0.2, 0.25) is 0 Å². The van der Waals surface area contributed by atoms with Crippen molar-refractivity contribution in [3.8, 4) is 0 Å². The number of benzene rings is 1. The van der Waals surface area contributed by atoms with E-state index < -0.39 is 5.97 Å². The number of carbonyl (C=O) groups excluding carboxylic acids is 1. The van der Waals surface area contributed by atoms with Crippen molar-refractivity contribution in [1.29, 1.82) is 0 Å². The molecule has 1 aromatic heterocycles. The maximum Gasteiger partial charge on any atom is 0.335 e. The van der Waals surface area contributed by atoms with E-state index in [2.05, 4.69) is 21.2 Å². The van der Waals surface area contributed by atoms with E-state index in [9.17, 15) is 9.59 Å². The van der Waals surface area contributed by atoms with Gasteiger partial charge >= 0.3 is 5.97 Å². The van der Waals surface area contributed by atoms with Crippen LogP contribution in [0.3, 0.4) is 0 Å². The van der Waals surface area contributed by atoms with Crippen molar-refractivity contribution < 1.29 is 19.1 Å². The SMILES string of the molecule is Cc1occc1C(=O)Nc1cc(Br)cc(C(=O)O)c1. The first-order chi connectivity index (χ1) is 8.97. The quantitative estimate of drug-likeness (QED) is 0.908. The zero-order chi connectivity index (χ0) is 14.0. The fraction of sp³-hybridized carbons (Fsp3) is 0.0769. The lowest BCUT2D eigenvalue weighted by atomic mass is 10.2. The number of hydrogen-bond acceptors (Lipinski definition) is 3. The molecule has 2 N–H and O–H groups in total. The Morgan fingerprint density at radius 3 is 2.63 bits per heavy atom. The molecule has 2 rings (SSSR count). The molecule has 1 aromatic carbocycles. The minimum absolute atomic E-state index is 0.0913. The number of aryl methyl sites for hydroxylation is 1. The van der Waals surface area contributed by atoms with Gasteiger partial charge in [0.1, 0.15) is 5.76 Å². The first-order valence-corrected chi connectivity index (χ1v) is 6.16. The summed E-state index contributed by atoms with van der Waals surface area (Å²) < 4.78 is 5.62. The van der Waals surface area contributed by atoms with Gasteiger partial charge in [0, 0.05) is 10.2 Å². The van der Waals surface area contributed by atoms with E-state index in [0.717, 1.165) is 0 Å². The number of anilines is 1. The first kappa shape index (κ1) is 13.4. The van der Waals surface area contributed by atoms with Crippen LogP contribution < -0.4 is 5.32 Å². The summed E-state index contributed by atoms with van der Waals surface area (Å²) in [5.41, 5.74) is 0.905. The van der Waals surface area contributed by atoms with Gasteiger partial charge in [-0.25, -0.2) is 4.79 Å². The molecular formula is C13H10BrNO4. The fourth-order valence-corrected chi connectivity index (χ4v) is 2.10. The molecule has 1 heterocycles. The van der Waals surface area contributed by atoms with Gasteiger partial charge in [0.05, 0.1) is 17.4 Å². The topological polar surface area (TPSA) is 79.5 Å². The van der Waals surface area contributed by atoms with E-state index in [4.69, 9.17) is 9.52 Å². The zero-order valence-corrected chi connectivity index (χ0v) is 11.5. The molecule has 0 saturated carbocycles. The van der Waals surface area contributed by atoms with E-state index >= 15 is 0 Å². The minimum atomic E-state index is -1.06. The predicted molar refractivity (Wildman–Crippen MR) is 72.5 cm³/mol. The molecule has 1 amide bonds. The van der Waals surface area contributed by atoms with Crippen molar-refractivity contribution in [1.82, 2.24) is 0 Å². The lowest BCUT2D eigenvalue weighted by Crippen LogP contribution is -2.12. The van der Waals surface area contributed by atoms with Gasteiger partial charge < -0.3 is 14.8 Å². The van der Waals surface area contributed by atoms with E-state index in [-0.39, 0.29) is 11.5 Å². The van der Waals surface area contributed by atoms with Crippen LogP contribution in [0.5, 0.6) is 0 Å². The molecule has 0 unspecified atom stereocenters. The maximum absolute atomic E-state index is 12.0. The number of rotatable bonds is 3. The van der Waals surface area contributed by atoms with Crippen LogP contribution in [0.4, 0.5) is 5.69 Å². The third-order valence-electron chi connectivity index (χ3n) is 2.51. The van der Waals surface area contributed by atoms with Crippen molar-refractivity contribution in [2.24, 2.45) is 0 Å². The number of carbonyl (C=O) groups is 2. The van der Waals surface area contributed by atoms with Gasteiger partial charge in [-0.3, -0.25) is 4.79 Å². The number of amides is 1. The number of nitrogens with one attached hydrogen (secondary N) is 1. The van der Waals surface area contributed by atoms with Crippen molar-refractivity contribution in [2.45, 2.75) is 6.92 Å². The van der Waals surface area contributed by atoms with Gasteiger partial charge in [0.25, 0.3) is 5.91 Å². The van der Waals surface area contributed by atoms with Crippen molar-refractivity contribution in [3.63, 3.8) is 0 Å². The number of halogens is 1. The van der Waals surface area contributed by atoms with Gasteiger partial charge in [-0.2, -0.15) is 0 Å². The molecule has 0 aliphatic heterocycles. The summed E-state index contributed by atoms with van der Waals surface area (Å²) in [5, 5.41) is 11.6. The molecule has 0 atom stereocenters. The average Bonchev–Trinajstić information content (AvgIpc) is 2.74. The monoisotopic (exact) mass is 323 g/mol. The van der Waals surface area contributed by atoms with Gasteiger partial charge in [0.15, 0.2) is 0 Å². The Balaban J connectivity index is 2.26. The fourth-order valence-electron chi connectivity index (χ4n) is 1.60. The van der Waals surface area contributed by atoms with Crippen molar-refractivity contribution in [3.05, 3.63) is 51.9 Å². The lowest BCUT2D eigenvalue weighted by Gasteiger charge is -2.06. The summed E-state index contributed by atoms with van der Waals surface area (Å²) in [6.07, 6.45) is 1.42. The Bertz CT molecular complexity index is 648. The molecule has 0 bridgehead atoms. The molecule has 0 spiro atoms. The van der Waals surface area contributed by atoms with Crippen LogP contribution in [0.15, 0.2) is 39.4 Å². The highest BCUT2D eigenvalue weighted by Crippen LogP contribution is 2.21. The third kappa shape index (κ3) is 3.03. The number of furan rings is 1. The zero-order valence-electron chi connectivity index (χ0n) is 9.94. The summed E-state index contributed by atoms with van der Waals surface area (Å²) in [4.78, 5) is 22.9. The summed E-state index contributed by atoms with van der Waals surface area (Å²) >= 11 is 3.20.